The summed E-state index contributed by atoms with van der Waals surface area (Å²) in [7, 11) is 0. The zero-order valence-corrected chi connectivity index (χ0v) is 15.0. The predicted octanol–water partition coefficient (Wildman–Crippen LogP) is 2.77. The van der Waals surface area contributed by atoms with Gasteiger partial charge in [-0.2, -0.15) is 10.5 Å². The Hall–Kier alpha value is -4.21. The van der Waals surface area contributed by atoms with Crippen LogP contribution in [0.1, 0.15) is 21.5 Å². The van der Waals surface area contributed by atoms with Crippen molar-refractivity contribution < 1.29 is 19.6 Å². The number of rotatable bonds is 6. The van der Waals surface area contributed by atoms with Gasteiger partial charge in [0.25, 0.3) is 5.69 Å². The summed E-state index contributed by atoms with van der Waals surface area (Å²) in [5, 5.41) is 39.0. The molecule has 0 bridgehead atoms. The molecule has 1 heterocycles. The number of non-ortho nitro benzene ring substituents is 1. The normalized spacial score (nSPS) is 13.6. The third-order valence-electron chi connectivity index (χ3n) is 4.27. The molecule has 9 heteroatoms. The highest BCUT2D eigenvalue weighted by Crippen LogP contribution is 2.40. The lowest BCUT2D eigenvalue weighted by molar-refractivity contribution is -0.384. The van der Waals surface area contributed by atoms with Crippen molar-refractivity contribution in [1.29, 1.82) is 10.5 Å². The second-order valence-electron chi connectivity index (χ2n) is 6.19. The first-order chi connectivity index (χ1) is 13.9. The average Bonchev–Trinajstić information content (AvgIpc) is 3.00. The maximum atomic E-state index is 12.7. The van der Waals surface area contributed by atoms with Crippen molar-refractivity contribution in [2.24, 2.45) is 0 Å². The number of carbonyl (C=O) groups is 1. The number of ketones is 1. The first kappa shape index (κ1) is 19.5. The minimum atomic E-state index is -0.538. The third-order valence-corrected chi connectivity index (χ3v) is 4.27. The Bertz CT molecular complexity index is 1090. The number of hydrogen-bond acceptors (Lipinski definition) is 8. The molecule has 2 aromatic rings. The minimum Gasteiger partial charge on any atom is -0.507 e. The van der Waals surface area contributed by atoms with Crippen LogP contribution in [0.25, 0.3) is 6.08 Å². The maximum Gasteiger partial charge on any atom is 0.270 e. The number of phenolic OH excluding ortho intramolecular Hbond substituents is 1. The monoisotopic (exact) mass is 390 g/mol. The van der Waals surface area contributed by atoms with E-state index in [0.29, 0.717) is 5.56 Å². The Balaban J connectivity index is 1.96. The molecule has 2 aromatic carbocycles. The molecule has 0 fully saturated rings. The molecule has 1 aliphatic heterocycles. The molecule has 9 nitrogen and oxygen atoms in total. The van der Waals surface area contributed by atoms with E-state index in [9.17, 15) is 20.0 Å². The summed E-state index contributed by atoms with van der Waals surface area (Å²) in [6, 6.07) is 12.4. The van der Waals surface area contributed by atoms with Crippen LogP contribution < -0.4 is 4.74 Å². The number of ether oxygens (including phenoxy) is 1. The van der Waals surface area contributed by atoms with Crippen LogP contribution >= 0.6 is 0 Å². The minimum absolute atomic E-state index is 0.0352. The zero-order valence-electron chi connectivity index (χ0n) is 15.0. The lowest BCUT2D eigenvalue weighted by Crippen LogP contribution is -2.24. The molecular formula is C20H14N4O5. The number of fused-ring (bicyclic) bond motifs is 1. The molecule has 29 heavy (non-hydrogen) atoms. The average molecular weight is 390 g/mol. The van der Waals surface area contributed by atoms with Gasteiger partial charge in [0.15, 0.2) is 5.76 Å². The quantitative estimate of drug-likeness (QED) is 0.343. The van der Waals surface area contributed by atoms with Crippen molar-refractivity contribution in [3.63, 3.8) is 0 Å². The van der Waals surface area contributed by atoms with Crippen molar-refractivity contribution in [2.45, 2.75) is 6.54 Å². The highest BCUT2D eigenvalue weighted by Gasteiger charge is 2.31. The summed E-state index contributed by atoms with van der Waals surface area (Å²) in [5.74, 6) is -0.457. The van der Waals surface area contributed by atoms with Crippen LogP contribution in [0.15, 0.2) is 42.2 Å². The van der Waals surface area contributed by atoms with Gasteiger partial charge in [-0.1, -0.05) is 12.1 Å². The van der Waals surface area contributed by atoms with Gasteiger partial charge in [-0.25, -0.2) is 0 Å². The molecule has 0 aromatic heterocycles. The Morgan fingerprint density at radius 2 is 1.93 bits per heavy atom. The van der Waals surface area contributed by atoms with Crippen molar-refractivity contribution in [3.8, 4) is 23.6 Å². The van der Waals surface area contributed by atoms with Crippen LogP contribution in [-0.2, 0) is 6.54 Å². The second kappa shape index (κ2) is 8.21. The summed E-state index contributed by atoms with van der Waals surface area (Å²) in [4.78, 5) is 24.6. The van der Waals surface area contributed by atoms with E-state index in [-0.39, 0.29) is 53.7 Å². The van der Waals surface area contributed by atoms with E-state index in [4.69, 9.17) is 15.3 Å². The molecule has 0 radical (unpaired) electrons. The first-order valence-electron chi connectivity index (χ1n) is 8.44. The van der Waals surface area contributed by atoms with Gasteiger partial charge in [0.05, 0.1) is 41.3 Å². The van der Waals surface area contributed by atoms with Crippen molar-refractivity contribution >= 4 is 17.5 Å². The summed E-state index contributed by atoms with van der Waals surface area (Å²) in [6.07, 6.45) is 1.39. The maximum absolute atomic E-state index is 12.7. The van der Waals surface area contributed by atoms with Crippen LogP contribution in [0.2, 0.25) is 0 Å². The van der Waals surface area contributed by atoms with E-state index in [1.54, 1.807) is 6.07 Å². The number of Topliss-reactive ketones (excluding diaryl/α,β-unsaturated/α-hetero) is 1. The molecule has 144 valence electrons. The van der Waals surface area contributed by atoms with E-state index >= 15 is 0 Å². The van der Waals surface area contributed by atoms with Crippen molar-refractivity contribution in [1.82, 2.24) is 4.90 Å². The van der Waals surface area contributed by atoms with Crippen molar-refractivity contribution in [3.05, 3.63) is 69.0 Å². The SMILES string of the molecule is N#CCN(CC#N)Cc1c(O)ccc2c1O/C(=C\c1cccc([N+](=O)[O-])c1)C2=O. The molecule has 3 rings (SSSR count). The number of hydrogen-bond donors (Lipinski definition) is 1. The van der Waals surface area contributed by atoms with Gasteiger partial charge in [0.2, 0.25) is 5.78 Å². The van der Waals surface area contributed by atoms with E-state index < -0.39 is 10.7 Å². The number of nitro groups is 1. The summed E-state index contributed by atoms with van der Waals surface area (Å²) in [6.45, 7) is -0.0461. The molecule has 0 saturated heterocycles. The molecule has 0 unspecified atom stereocenters. The van der Waals surface area contributed by atoms with Gasteiger partial charge in [-0.3, -0.25) is 19.8 Å². The fraction of sp³-hybridized carbons (Fsp3) is 0.150. The lowest BCUT2D eigenvalue weighted by atomic mass is 10.0. The Morgan fingerprint density at radius 1 is 1.21 bits per heavy atom. The lowest BCUT2D eigenvalue weighted by Gasteiger charge is -2.17. The fourth-order valence-electron chi connectivity index (χ4n) is 2.92. The smallest absolute Gasteiger partial charge is 0.270 e. The van der Waals surface area contributed by atoms with E-state index in [0.717, 1.165) is 0 Å². The van der Waals surface area contributed by atoms with Crippen LogP contribution in [0, 0.1) is 32.8 Å². The van der Waals surface area contributed by atoms with Crippen LogP contribution in [0.3, 0.4) is 0 Å². The Labute approximate surface area is 165 Å². The Kier molecular flexibility index (Phi) is 5.54. The van der Waals surface area contributed by atoms with Gasteiger partial charge in [-0.15, -0.1) is 0 Å². The largest absolute Gasteiger partial charge is 0.507 e. The first-order valence-corrected chi connectivity index (χ1v) is 8.44. The van der Waals surface area contributed by atoms with Gasteiger partial charge in [-0.05, 0) is 23.8 Å². The number of phenols is 1. The molecule has 0 saturated carbocycles. The highest BCUT2D eigenvalue weighted by atomic mass is 16.6. The number of aromatic hydroxyl groups is 1. The van der Waals surface area contributed by atoms with Crippen molar-refractivity contribution in [2.75, 3.05) is 13.1 Å². The number of nitro benzene ring substituents is 1. The highest BCUT2D eigenvalue weighted by molar-refractivity contribution is 6.15. The third kappa shape index (κ3) is 4.05. The second-order valence-corrected chi connectivity index (χ2v) is 6.19. The van der Waals surface area contributed by atoms with E-state index in [1.165, 1.54) is 41.3 Å². The fourth-order valence-corrected chi connectivity index (χ4v) is 2.92. The molecule has 0 aliphatic carbocycles. The number of nitrogens with zero attached hydrogens (tertiary/aromatic N) is 4. The number of allylic oxidation sites excluding steroid dienone is 1. The van der Waals surface area contributed by atoms with E-state index in [1.807, 2.05) is 12.1 Å². The van der Waals surface area contributed by atoms with Crippen LogP contribution in [0.4, 0.5) is 5.69 Å². The molecule has 0 spiro atoms. The van der Waals surface area contributed by atoms with Gasteiger partial charge < -0.3 is 9.84 Å². The Morgan fingerprint density at radius 3 is 2.59 bits per heavy atom. The molecule has 1 N–H and O–H groups in total. The predicted molar refractivity (Wildman–Crippen MR) is 101 cm³/mol. The summed E-state index contributed by atoms with van der Waals surface area (Å²) < 4.78 is 5.68. The van der Waals surface area contributed by atoms with E-state index in [2.05, 4.69) is 0 Å². The molecule has 0 atom stereocenters. The van der Waals surface area contributed by atoms with Crippen LogP contribution in [0.5, 0.6) is 11.5 Å². The summed E-state index contributed by atoms with van der Waals surface area (Å²) in [5.41, 5.74) is 0.799. The zero-order chi connectivity index (χ0) is 21.0. The topological polar surface area (TPSA) is 140 Å². The van der Waals surface area contributed by atoms with Crippen LogP contribution in [-0.4, -0.2) is 33.8 Å². The number of nitriles is 2. The molecule has 1 aliphatic rings. The van der Waals surface area contributed by atoms with Gasteiger partial charge >= 0.3 is 0 Å². The van der Waals surface area contributed by atoms with Gasteiger partial charge in [0.1, 0.15) is 11.5 Å². The standard InChI is InChI=1S/C20H14N4O5/c21-6-8-23(9-7-22)12-16-17(25)5-4-15-19(26)18(29-20(15)16)11-13-2-1-3-14(10-13)24(27)28/h1-5,10-11,25H,8-9,12H2/b18-11-. The molecular weight excluding hydrogens is 376 g/mol. The number of carbonyl (C=O) groups excluding carboxylic acids is 1. The van der Waals surface area contributed by atoms with Gasteiger partial charge in [0, 0.05) is 18.7 Å². The molecule has 0 amide bonds. The summed E-state index contributed by atoms with van der Waals surface area (Å²) >= 11 is 0. The number of benzene rings is 2.